The second-order valence-electron chi connectivity index (χ2n) is 5.65. The van der Waals surface area contributed by atoms with Crippen LogP contribution < -0.4 is 10.6 Å². The molecule has 2 rings (SSSR count). The van der Waals surface area contributed by atoms with E-state index < -0.39 is 6.04 Å². The van der Waals surface area contributed by atoms with Crippen LogP contribution in [0.3, 0.4) is 0 Å². The van der Waals surface area contributed by atoms with E-state index in [4.69, 9.17) is 11.6 Å². The van der Waals surface area contributed by atoms with Gasteiger partial charge in [-0.25, -0.2) is 0 Å². The summed E-state index contributed by atoms with van der Waals surface area (Å²) >= 11 is 7.48. The van der Waals surface area contributed by atoms with Crippen LogP contribution in [0.25, 0.3) is 0 Å². The van der Waals surface area contributed by atoms with Gasteiger partial charge in [-0.15, -0.1) is 11.3 Å². The second kappa shape index (κ2) is 7.62. The number of rotatable bonds is 5. The van der Waals surface area contributed by atoms with E-state index in [-0.39, 0.29) is 17.7 Å². The standard InChI is InChI=1S/C17H19ClN2O2S/c1-10(2)15(20-16(21)14-5-4-8-23-14)17(22)19-13-7-6-11(3)9-12(13)18/h4-10,15H,1-3H3,(H,19,22)(H,20,21)/t15-/m0/s1. The molecule has 1 heterocycles. The van der Waals surface area contributed by atoms with E-state index in [2.05, 4.69) is 10.6 Å². The number of carbonyl (C=O) groups excluding carboxylic acids is 2. The van der Waals surface area contributed by atoms with Gasteiger partial charge < -0.3 is 10.6 Å². The first-order valence-corrected chi connectivity index (χ1v) is 8.55. The molecule has 1 atom stereocenters. The van der Waals surface area contributed by atoms with Crippen molar-refractivity contribution in [3.63, 3.8) is 0 Å². The highest BCUT2D eigenvalue weighted by molar-refractivity contribution is 7.12. The van der Waals surface area contributed by atoms with E-state index in [9.17, 15) is 9.59 Å². The van der Waals surface area contributed by atoms with Gasteiger partial charge in [0, 0.05) is 0 Å². The van der Waals surface area contributed by atoms with Crippen LogP contribution in [0.2, 0.25) is 5.02 Å². The molecule has 122 valence electrons. The molecule has 2 amide bonds. The first-order valence-electron chi connectivity index (χ1n) is 7.30. The maximum absolute atomic E-state index is 12.5. The van der Waals surface area contributed by atoms with Crippen LogP contribution >= 0.6 is 22.9 Å². The summed E-state index contributed by atoms with van der Waals surface area (Å²) in [5.41, 5.74) is 1.55. The molecular formula is C17H19ClN2O2S. The molecule has 2 aromatic rings. The number of hydrogen-bond acceptors (Lipinski definition) is 3. The number of carbonyl (C=O) groups is 2. The number of halogens is 1. The van der Waals surface area contributed by atoms with Gasteiger partial charge in [-0.3, -0.25) is 9.59 Å². The van der Waals surface area contributed by atoms with Gasteiger partial charge in [-0.1, -0.05) is 37.6 Å². The molecular weight excluding hydrogens is 332 g/mol. The summed E-state index contributed by atoms with van der Waals surface area (Å²) in [7, 11) is 0. The molecule has 0 saturated carbocycles. The molecule has 1 aromatic heterocycles. The molecule has 0 radical (unpaired) electrons. The molecule has 0 spiro atoms. The van der Waals surface area contributed by atoms with E-state index in [0.717, 1.165) is 5.56 Å². The molecule has 2 N–H and O–H groups in total. The number of hydrogen-bond donors (Lipinski definition) is 2. The molecule has 0 aliphatic rings. The van der Waals surface area contributed by atoms with E-state index >= 15 is 0 Å². The Labute approximate surface area is 144 Å². The fraction of sp³-hybridized carbons (Fsp3) is 0.294. The summed E-state index contributed by atoms with van der Waals surface area (Å²) in [4.78, 5) is 25.3. The predicted octanol–water partition coefficient (Wildman–Crippen LogP) is 4.10. The fourth-order valence-corrected chi connectivity index (χ4v) is 3.00. The average Bonchev–Trinajstić information content (AvgIpc) is 3.01. The van der Waals surface area contributed by atoms with Gasteiger partial charge in [-0.2, -0.15) is 0 Å². The van der Waals surface area contributed by atoms with Gasteiger partial charge >= 0.3 is 0 Å². The lowest BCUT2D eigenvalue weighted by Crippen LogP contribution is -2.47. The molecule has 0 unspecified atom stereocenters. The fourth-order valence-electron chi connectivity index (χ4n) is 2.09. The van der Waals surface area contributed by atoms with Gasteiger partial charge in [0.25, 0.3) is 5.91 Å². The minimum Gasteiger partial charge on any atom is -0.339 e. The van der Waals surface area contributed by atoms with Crippen LogP contribution in [-0.4, -0.2) is 17.9 Å². The maximum Gasteiger partial charge on any atom is 0.262 e. The third-order valence-corrected chi connectivity index (χ3v) is 4.54. The summed E-state index contributed by atoms with van der Waals surface area (Å²) in [5.74, 6) is -0.581. The van der Waals surface area contributed by atoms with E-state index in [1.54, 1.807) is 24.3 Å². The molecule has 0 fully saturated rings. The van der Waals surface area contributed by atoms with Crippen molar-refractivity contribution in [2.24, 2.45) is 5.92 Å². The highest BCUT2D eigenvalue weighted by Gasteiger charge is 2.25. The predicted molar refractivity (Wildman–Crippen MR) is 95.2 cm³/mol. The monoisotopic (exact) mass is 350 g/mol. The highest BCUT2D eigenvalue weighted by atomic mass is 35.5. The van der Waals surface area contributed by atoms with Crippen LogP contribution in [0.15, 0.2) is 35.7 Å². The van der Waals surface area contributed by atoms with Crippen LogP contribution in [0, 0.1) is 12.8 Å². The van der Waals surface area contributed by atoms with Gasteiger partial charge in [0.15, 0.2) is 0 Å². The van der Waals surface area contributed by atoms with Crippen molar-refractivity contribution in [2.75, 3.05) is 5.32 Å². The summed E-state index contributed by atoms with van der Waals surface area (Å²) < 4.78 is 0. The van der Waals surface area contributed by atoms with Crippen molar-refractivity contribution in [3.05, 3.63) is 51.2 Å². The molecule has 6 heteroatoms. The highest BCUT2D eigenvalue weighted by Crippen LogP contribution is 2.23. The first-order chi connectivity index (χ1) is 10.9. The zero-order valence-corrected chi connectivity index (χ0v) is 14.8. The van der Waals surface area contributed by atoms with Gasteiger partial charge in [-0.05, 0) is 42.0 Å². The Kier molecular flexibility index (Phi) is 5.80. The Bertz CT molecular complexity index is 699. The molecule has 4 nitrogen and oxygen atoms in total. The molecule has 0 aliphatic heterocycles. The zero-order valence-electron chi connectivity index (χ0n) is 13.2. The van der Waals surface area contributed by atoms with Gasteiger partial charge in [0.2, 0.25) is 5.91 Å². The molecule has 0 saturated heterocycles. The number of amides is 2. The number of benzene rings is 1. The lowest BCUT2D eigenvalue weighted by Gasteiger charge is -2.21. The quantitative estimate of drug-likeness (QED) is 0.852. The minimum absolute atomic E-state index is 0.0527. The van der Waals surface area contributed by atoms with Crippen molar-refractivity contribution in [1.29, 1.82) is 0 Å². The largest absolute Gasteiger partial charge is 0.339 e. The Hall–Kier alpha value is -1.85. The molecule has 1 aromatic carbocycles. The van der Waals surface area contributed by atoms with Crippen molar-refractivity contribution in [2.45, 2.75) is 26.8 Å². The number of thiophene rings is 1. The summed E-state index contributed by atoms with van der Waals surface area (Å²) in [5, 5.41) is 7.88. The van der Waals surface area contributed by atoms with Gasteiger partial charge in [0.05, 0.1) is 15.6 Å². The average molecular weight is 351 g/mol. The van der Waals surface area contributed by atoms with Crippen LogP contribution in [0.4, 0.5) is 5.69 Å². The summed E-state index contributed by atoms with van der Waals surface area (Å²) in [6.45, 7) is 5.70. The Morgan fingerprint density at radius 3 is 2.52 bits per heavy atom. The number of nitrogens with one attached hydrogen (secondary N) is 2. The molecule has 23 heavy (non-hydrogen) atoms. The van der Waals surface area contributed by atoms with E-state index in [0.29, 0.717) is 15.6 Å². The van der Waals surface area contributed by atoms with Crippen molar-refractivity contribution in [3.8, 4) is 0 Å². The Morgan fingerprint density at radius 2 is 1.96 bits per heavy atom. The van der Waals surface area contributed by atoms with Crippen LogP contribution in [0.1, 0.15) is 29.1 Å². The molecule has 0 aliphatic carbocycles. The Balaban J connectivity index is 2.10. The van der Waals surface area contributed by atoms with Crippen molar-refractivity contribution < 1.29 is 9.59 Å². The minimum atomic E-state index is -0.637. The smallest absolute Gasteiger partial charge is 0.262 e. The summed E-state index contributed by atoms with van der Waals surface area (Å²) in [6.07, 6.45) is 0. The lowest BCUT2D eigenvalue weighted by molar-refractivity contribution is -0.118. The normalized spacial score (nSPS) is 12.0. The van der Waals surface area contributed by atoms with E-state index in [1.165, 1.54) is 11.3 Å². The number of aryl methyl sites for hydroxylation is 1. The lowest BCUT2D eigenvalue weighted by atomic mass is 10.0. The summed E-state index contributed by atoms with van der Waals surface area (Å²) in [6, 6.07) is 8.31. The topological polar surface area (TPSA) is 58.2 Å². The van der Waals surface area contributed by atoms with Gasteiger partial charge in [0.1, 0.15) is 6.04 Å². The third kappa shape index (κ3) is 4.56. The zero-order chi connectivity index (χ0) is 17.0. The maximum atomic E-state index is 12.5. The van der Waals surface area contributed by atoms with Crippen LogP contribution in [0.5, 0.6) is 0 Å². The molecule has 0 bridgehead atoms. The second-order valence-corrected chi connectivity index (χ2v) is 7.00. The number of anilines is 1. The van der Waals surface area contributed by atoms with E-state index in [1.807, 2.05) is 32.2 Å². The van der Waals surface area contributed by atoms with Crippen molar-refractivity contribution >= 4 is 40.4 Å². The van der Waals surface area contributed by atoms with Crippen molar-refractivity contribution in [1.82, 2.24) is 5.32 Å². The SMILES string of the molecule is Cc1ccc(NC(=O)[C@@H](NC(=O)c2cccs2)C(C)C)c(Cl)c1. The Morgan fingerprint density at radius 1 is 1.22 bits per heavy atom. The van der Waals surface area contributed by atoms with Crippen LogP contribution in [-0.2, 0) is 4.79 Å². The third-order valence-electron chi connectivity index (χ3n) is 3.36. The first kappa shape index (κ1) is 17.5.